The molecule has 12 heteroatoms. The topological polar surface area (TPSA) is 137 Å². The van der Waals surface area contributed by atoms with Gasteiger partial charge in [-0.2, -0.15) is 0 Å². The normalized spacial score (nSPS) is 18.2. The van der Waals surface area contributed by atoms with Crippen molar-refractivity contribution in [2.45, 2.75) is 30.8 Å². The van der Waals surface area contributed by atoms with E-state index in [-0.39, 0.29) is 51.8 Å². The summed E-state index contributed by atoms with van der Waals surface area (Å²) < 4.78 is 42.6. The van der Waals surface area contributed by atoms with Crippen LogP contribution in [-0.2, 0) is 14.6 Å². The number of likely N-dealkylation sites (N-methyl/N-ethyl adjacent to an activating group) is 1. The number of aromatic nitrogens is 2. The molecular formula is C26H26N4O7S. The van der Waals surface area contributed by atoms with Gasteiger partial charge in [-0.05, 0) is 37.6 Å². The molecule has 0 unspecified atom stereocenters. The van der Waals surface area contributed by atoms with Gasteiger partial charge in [0.2, 0.25) is 0 Å². The maximum atomic E-state index is 13.1. The van der Waals surface area contributed by atoms with Crippen molar-refractivity contribution in [2.24, 2.45) is 0 Å². The summed E-state index contributed by atoms with van der Waals surface area (Å²) in [6.45, 7) is 2.62. The molecule has 0 bridgehead atoms. The highest BCUT2D eigenvalue weighted by Gasteiger charge is 2.31. The molecule has 2 amide bonds. The molecule has 2 aromatic carbocycles. The van der Waals surface area contributed by atoms with Crippen molar-refractivity contribution in [2.75, 3.05) is 31.3 Å². The summed E-state index contributed by atoms with van der Waals surface area (Å²) in [5, 5.41) is 2.68. The number of fused-ring (bicyclic) bond motifs is 1. The largest absolute Gasteiger partial charge is 0.492 e. The van der Waals surface area contributed by atoms with Crippen molar-refractivity contribution in [3.8, 4) is 23.0 Å². The van der Waals surface area contributed by atoms with Crippen LogP contribution in [0, 0.1) is 6.92 Å². The fraction of sp³-hybridized carbons (Fsp3) is 0.308. The zero-order chi connectivity index (χ0) is 26.9. The summed E-state index contributed by atoms with van der Waals surface area (Å²) in [4.78, 5) is 35.4. The predicted molar refractivity (Wildman–Crippen MR) is 137 cm³/mol. The van der Waals surface area contributed by atoms with Crippen LogP contribution in [0.15, 0.2) is 53.7 Å². The number of ether oxygens (including phenoxy) is 3. The average Bonchev–Trinajstić information content (AvgIpc) is 3.10. The Kier molecular flexibility index (Phi) is 6.89. The van der Waals surface area contributed by atoms with Crippen molar-refractivity contribution in [3.05, 3.63) is 60.0 Å². The molecule has 1 fully saturated rings. The Hall–Kier alpha value is -4.19. The number of rotatable bonds is 6. The molecule has 0 aliphatic carbocycles. The van der Waals surface area contributed by atoms with Gasteiger partial charge in [-0.1, -0.05) is 0 Å². The maximum absolute atomic E-state index is 13.1. The molecule has 3 heterocycles. The van der Waals surface area contributed by atoms with Crippen molar-refractivity contribution in [1.29, 1.82) is 0 Å². The zero-order valence-electron chi connectivity index (χ0n) is 20.8. The monoisotopic (exact) mass is 538 g/mol. The maximum Gasteiger partial charge on any atom is 0.263 e. The lowest BCUT2D eigenvalue weighted by atomic mass is 10.1. The first-order valence-electron chi connectivity index (χ1n) is 12.0. The molecule has 5 rings (SSSR count). The number of hydrogen-bond donors (Lipinski definition) is 1. The predicted octanol–water partition coefficient (Wildman–Crippen LogP) is 3.00. The summed E-state index contributed by atoms with van der Waals surface area (Å²) in [7, 11) is -1.75. The lowest BCUT2D eigenvalue weighted by Gasteiger charge is -2.16. The van der Waals surface area contributed by atoms with E-state index in [1.807, 2.05) is 0 Å². The molecule has 38 heavy (non-hydrogen) atoms. The minimum atomic E-state index is -3.45. The van der Waals surface area contributed by atoms with Crippen LogP contribution in [0.4, 0.5) is 5.82 Å². The Balaban J connectivity index is 1.45. The van der Waals surface area contributed by atoms with E-state index in [2.05, 4.69) is 15.3 Å². The van der Waals surface area contributed by atoms with Crippen LogP contribution in [0.25, 0.3) is 0 Å². The second kappa shape index (κ2) is 10.3. The Bertz CT molecular complexity index is 1490. The van der Waals surface area contributed by atoms with Gasteiger partial charge in [-0.25, -0.2) is 13.4 Å². The van der Waals surface area contributed by atoms with Crippen LogP contribution in [-0.4, -0.2) is 67.2 Å². The van der Waals surface area contributed by atoms with Gasteiger partial charge in [0.25, 0.3) is 11.8 Å². The van der Waals surface area contributed by atoms with Crippen LogP contribution >= 0.6 is 0 Å². The molecular weight excluding hydrogens is 512 g/mol. The summed E-state index contributed by atoms with van der Waals surface area (Å²) >= 11 is 0. The first-order valence-corrected chi connectivity index (χ1v) is 13.7. The Morgan fingerprint density at radius 2 is 1.92 bits per heavy atom. The highest BCUT2D eigenvalue weighted by atomic mass is 32.2. The standard InChI is InChI=1S/C26H26N4O7S/c1-16-14-28-24(15-27-16)29-25(31)17-10-19(12-20(11-17)37-21-6-7-30(2)26(21)32)36-18-4-5-23-22(13-18)35-8-3-9-38(23,33)34/h4-5,10-15,21H,3,6-9H2,1-2H3,(H,28,29,31)/t21-/m0/s1. The Morgan fingerprint density at radius 1 is 1.11 bits per heavy atom. The molecule has 3 aromatic rings. The number of carbonyl (C=O) groups is 2. The third kappa shape index (κ3) is 5.54. The van der Waals surface area contributed by atoms with Crippen LogP contribution in [0.2, 0.25) is 0 Å². The van der Waals surface area contributed by atoms with Gasteiger partial charge < -0.3 is 24.4 Å². The lowest BCUT2D eigenvalue weighted by molar-refractivity contribution is -0.132. The number of anilines is 1. The van der Waals surface area contributed by atoms with E-state index in [1.165, 1.54) is 42.7 Å². The highest BCUT2D eigenvalue weighted by molar-refractivity contribution is 7.91. The van der Waals surface area contributed by atoms with Crippen molar-refractivity contribution >= 4 is 27.5 Å². The molecule has 1 saturated heterocycles. The molecule has 0 radical (unpaired) electrons. The number of hydrogen-bond acceptors (Lipinski definition) is 9. The van der Waals surface area contributed by atoms with E-state index in [0.29, 0.717) is 30.8 Å². The minimum absolute atomic E-state index is 0.0124. The second-order valence-corrected chi connectivity index (χ2v) is 11.2. The molecule has 0 spiro atoms. The van der Waals surface area contributed by atoms with Gasteiger partial charge in [0.05, 0.1) is 30.4 Å². The Labute approximate surface area is 219 Å². The fourth-order valence-electron chi connectivity index (χ4n) is 4.14. The SMILES string of the molecule is Cc1cnc(NC(=O)c2cc(Oc3ccc4c(c3)OCCCS4(=O)=O)cc(O[C@H]3CCN(C)C3=O)c2)cn1. The number of amides is 2. The van der Waals surface area contributed by atoms with Crippen molar-refractivity contribution < 1.29 is 32.2 Å². The van der Waals surface area contributed by atoms with E-state index < -0.39 is 21.8 Å². The molecule has 0 saturated carbocycles. The smallest absolute Gasteiger partial charge is 0.263 e. The van der Waals surface area contributed by atoms with Crippen LogP contribution in [0.1, 0.15) is 28.9 Å². The van der Waals surface area contributed by atoms with Crippen molar-refractivity contribution in [1.82, 2.24) is 14.9 Å². The molecule has 1 atom stereocenters. The van der Waals surface area contributed by atoms with E-state index >= 15 is 0 Å². The van der Waals surface area contributed by atoms with Crippen LogP contribution < -0.4 is 19.5 Å². The molecule has 1 N–H and O–H groups in total. The first-order chi connectivity index (χ1) is 18.2. The summed E-state index contributed by atoms with van der Waals surface area (Å²) in [5.41, 5.74) is 0.907. The van der Waals surface area contributed by atoms with Crippen LogP contribution in [0.5, 0.6) is 23.0 Å². The molecule has 198 valence electrons. The molecule has 2 aliphatic rings. The number of benzene rings is 2. The van der Waals surface area contributed by atoms with Crippen molar-refractivity contribution in [3.63, 3.8) is 0 Å². The molecule has 1 aromatic heterocycles. The third-order valence-electron chi connectivity index (χ3n) is 6.12. The Morgan fingerprint density at radius 3 is 2.66 bits per heavy atom. The third-order valence-corrected chi connectivity index (χ3v) is 7.96. The number of likely N-dealkylation sites (tertiary alicyclic amines) is 1. The highest BCUT2D eigenvalue weighted by Crippen LogP contribution is 2.35. The number of carbonyl (C=O) groups excluding carboxylic acids is 2. The van der Waals surface area contributed by atoms with Gasteiger partial charge in [0, 0.05) is 37.7 Å². The molecule has 2 aliphatic heterocycles. The van der Waals surface area contributed by atoms with Gasteiger partial charge in [0.1, 0.15) is 27.9 Å². The van der Waals surface area contributed by atoms with E-state index in [1.54, 1.807) is 24.9 Å². The lowest BCUT2D eigenvalue weighted by Crippen LogP contribution is -2.29. The summed E-state index contributed by atoms with van der Waals surface area (Å²) in [5.74, 6) is 0.687. The van der Waals surface area contributed by atoms with E-state index in [0.717, 1.165) is 0 Å². The quantitative estimate of drug-likeness (QED) is 0.502. The van der Waals surface area contributed by atoms with E-state index in [4.69, 9.17) is 14.2 Å². The van der Waals surface area contributed by atoms with E-state index in [9.17, 15) is 18.0 Å². The minimum Gasteiger partial charge on any atom is -0.492 e. The van der Waals surface area contributed by atoms with Gasteiger partial charge in [0.15, 0.2) is 21.8 Å². The summed E-state index contributed by atoms with van der Waals surface area (Å²) in [6, 6.07) is 9.07. The number of nitrogens with one attached hydrogen (secondary N) is 1. The number of sulfone groups is 1. The number of aryl methyl sites for hydroxylation is 1. The molecule has 11 nitrogen and oxygen atoms in total. The van der Waals surface area contributed by atoms with Crippen LogP contribution in [0.3, 0.4) is 0 Å². The van der Waals surface area contributed by atoms with Gasteiger partial charge in [-0.3, -0.25) is 14.6 Å². The average molecular weight is 539 g/mol. The van der Waals surface area contributed by atoms with Gasteiger partial charge >= 0.3 is 0 Å². The first kappa shape index (κ1) is 25.5. The number of nitrogens with zero attached hydrogens (tertiary/aromatic N) is 3. The fourth-order valence-corrected chi connectivity index (χ4v) is 5.56. The van der Waals surface area contributed by atoms with Gasteiger partial charge in [-0.15, -0.1) is 0 Å². The summed E-state index contributed by atoms with van der Waals surface area (Å²) in [6.07, 6.45) is 3.21. The zero-order valence-corrected chi connectivity index (χ0v) is 21.7. The second-order valence-electron chi connectivity index (χ2n) is 9.08.